The third-order valence-electron chi connectivity index (χ3n) is 12.1. The van der Waals surface area contributed by atoms with E-state index in [1.807, 2.05) is 4.90 Å². The van der Waals surface area contributed by atoms with Crippen molar-refractivity contribution >= 4 is 65.4 Å². The van der Waals surface area contributed by atoms with E-state index in [1.54, 1.807) is 43.0 Å². The number of nitrogens with one attached hydrogen (secondary N) is 1. The van der Waals surface area contributed by atoms with E-state index in [9.17, 15) is 40.0 Å². The van der Waals surface area contributed by atoms with Crippen molar-refractivity contribution in [3.05, 3.63) is 82.3 Å². The third-order valence-corrected chi connectivity index (χ3v) is 13.7. The standard InChI is InChI=1S/C41H40F7N11O4S2/c1-39(2,50)37(61)57-8-10-58(11-9-57)38-52-36-27(64-38)17-23(21-6-5-7-22-30(21)56(3)54-35(22)55-65(4,62)63)29(51-36)25(14-18-12-19(42)15-20(43)13-18)31(34(49)60)59-33-28(32(53-59)41(46,47)48)24-16-26(24)40(33,44)45/h5-7,12-13,15,17,24-26,31H,8-11,14,16,50H2,1-4H3,(H2,49,60)(H,54,55)/t24-,25+,26+,31?/m0/s1. The van der Waals surface area contributed by atoms with Crippen LogP contribution in [0.2, 0.25) is 0 Å². The molecule has 0 radical (unpaired) electrons. The SMILES string of the molecule is Cn1nc(NS(C)(=O)=O)c2cccc(-c3cc4sc(N5CCN(C(=O)C(C)(C)N)CC5)nc4nc3[C@@H](Cc3cc(F)cc(F)c3)C(C(N)=O)n3nc(C(F)(F)F)c4c3C(F)(F)[C@@H]3C[C@H]43)c21. The largest absolute Gasteiger partial charge is 0.435 e. The normalized spacial score (nSPS) is 19.4. The quantitative estimate of drug-likeness (QED) is 0.134. The van der Waals surface area contributed by atoms with Gasteiger partial charge < -0.3 is 21.3 Å². The second-order valence-corrected chi connectivity index (χ2v) is 20.1. The Morgan fingerprint density at radius 2 is 1.68 bits per heavy atom. The number of aromatic nitrogens is 6. The first-order valence-corrected chi connectivity index (χ1v) is 22.9. The summed E-state index contributed by atoms with van der Waals surface area (Å²) in [6, 6.07) is 6.61. The fraction of sp³-hybridized carbons (Fsp3) is 0.415. The molecule has 2 fully saturated rings. The van der Waals surface area contributed by atoms with E-state index in [0.717, 1.165) is 18.4 Å². The van der Waals surface area contributed by atoms with Gasteiger partial charge in [-0.15, -0.1) is 0 Å². The second kappa shape index (κ2) is 15.1. The van der Waals surface area contributed by atoms with Gasteiger partial charge in [0, 0.05) is 73.2 Å². The maximum absolute atomic E-state index is 16.3. The highest BCUT2D eigenvalue weighted by molar-refractivity contribution is 7.92. The number of anilines is 2. The van der Waals surface area contributed by atoms with E-state index in [-0.39, 0.29) is 51.6 Å². The summed E-state index contributed by atoms with van der Waals surface area (Å²) in [5.41, 5.74) is 8.04. The molecule has 9 rings (SSSR count). The average Bonchev–Trinajstić information content (AvgIpc) is 3.45. The number of aryl methyl sites for hydroxylation is 1. The first kappa shape index (κ1) is 44.3. The summed E-state index contributed by atoms with van der Waals surface area (Å²) in [6.45, 7) is 4.50. The van der Waals surface area contributed by atoms with E-state index in [1.165, 1.54) is 23.1 Å². The molecule has 2 amide bonds. The van der Waals surface area contributed by atoms with Crippen molar-refractivity contribution in [2.75, 3.05) is 42.1 Å². The monoisotopic (exact) mass is 947 g/mol. The Bertz CT molecular complexity index is 3040. The van der Waals surface area contributed by atoms with E-state index < -0.39 is 92.4 Å². The molecule has 2 aliphatic carbocycles. The molecule has 15 nitrogen and oxygen atoms in total. The van der Waals surface area contributed by atoms with Crippen LogP contribution in [0, 0.1) is 17.6 Å². The highest BCUT2D eigenvalue weighted by Crippen LogP contribution is 2.69. The van der Waals surface area contributed by atoms with Crippen molar-refractivity contribution < 1.29 is 48.7 Å². The van der Waals surface area contributed by atoms with Crippen molar-refractivity contribution in [1.29, 1.82) is 0 Å². The molecular formula is C41H40F7N11O4S2. The Kier molecular flexibility index (Phi) is 10.3. The number of alkyl halides is 5. The predicted molar refractivity (Wildman–Crippen MR) is 226 cm³/mol. The Morgan fingerprint density at radius 3 is 2.29 bits per heavy atom. The molecule has 4 atom stereocenters. The molecule has 344 valence electrons. The van der Waals surface area contributed by atoms with Gasteiger partial charge in [-0.1, -0.05) is 23.5 Å². The second-order valence-electron chi connectivity index (χ2n) is 17.3. The molecule has 1 saturated heterocycles. The van der Waals surface area contributed by atoms with Crippen LogP contribution in [0.1, 0.15) is 66.4 Å². The molecule has 5 heterocycles. The number of benzene rings is 2. The number of amides is 2. The lowest BCUT2D eigenvalue weighted by molar-refractivity contribution is -0.142. The molecule has 4 aromatic heterocycles. The lowest BCUT2D eigenvalue weighted by Gasteiger charge is -2.37. The molecule has 2 aromatic carbocycles. The number of halogens is 7. The average molecular weight is 948 g/mol. The summed E-state index contributed by atoms with van der Waals surface area (Å²) in [5, 5.41) is 8.80. The number of primary amides is 1. The number of fused-ring (bicyclic) bond motifs is 5. The number of piperazine rings is 1. The number of thiazole rings is 1. The number of pyridine rings is 1. The molecule has 5 N–H and O–H groups in total. The molecule has 0 bridgehead atoms. The zero-order valence-corrected chi connectivity index (χ0v) is 36.6. The van der Waals surface area contributed by atoms with Gasteiger partial charge in [-0.05, 0) is 62.4 Å². The van der Waals surface area contributed by atoms with Crippen molar-refractivity contribution in [2.24, 2.45) is 24.4 Å². The van der Waals surface area contributed by atoms with Gasteiger partial charge in [0.15, 0.2) is 22.3 Å². The van der Waals surface area contributed by atoms with Crippen molar-refractivity contribution in [2.45, 2.75) is 62.2 Å². The summed E-state index contributed by atoms with van der Waals surface area (Å²) in [5.74, 6) is -12.0. The number of rotatable bonds is 11. The molecular weight excluding hydrogens is 908 g/mol. The zero-order chi connectivity index (χ0) is 46.9. The lowest BCUT2D eigenvalue weighted by atomic mass is 9.84. The molecule has 1 unspecified atom stereocenters. The number of nitrogens with zero attached hydrogens (tertiary/aromatic N) is 8. The van der Waals surface area contributed by atoms with Crippen LogP contribution in [0.4, 0.5) is 41.7 Å². The maximum atomic E-state index is 16.3. The number of hydrogen-bond donors (Lipinski definition) is 3. The van der Waals surface area contributed by atoms with Gasteiger partial charge in [-0.3, -0.25) is 19.0 Å². The fourth-order valence-corrected chi connectivity index (χ4v) is 10.8. The van der Waals surface area contributed by atoms with Gasteiger partial charge in [0.1, 0.15) is 23.4 Å². The van der Waals surface area contributed by atoms with Gasteiger partial charge in [-0.2, -0.15) is 37.1 Å². The van der Waals surface area contributed by atoms with Gasteiger partial charge >= 0.3 is 6.18 Å². The molecule has 0 spiro atoms. The highest BCUT2D eigenvalue weighted by Gasteiger charge is 2.69. The Balaban J connectivity index is 1.29. The number of para-hydroxylation sites is 1. The number of hydrogen-bond acceptors (Lipinski definition) is 11. The van der Waals surface area contributed by atoms with E-state index in [4.69, 9.17) is 21.4 Å². The number of sulfonamides is 1. The molecule has 1 saturated carbocycles. The van der Waals surface area contributed by atoms with Gasteiger partial charge in [0.05, 0.1) is 27.7 Å². The Labute approximate surface area is 369 Å². The first-order valence-electron chi connectivity index (χ1n) is 20.2. The maximum Gasteiger partial charge on any atom is 0.435 e. The van der Waals surface area contributed by atoms with Crippen molar-refractivity contribution in [3.63, 3.8) is 0 Å². The fourth-order valence-electron chi connectivity index (χ4n) is 9.27. The minimum Gasteiger partial charge on any atom is -0.368 e. The minimum atomic E-state index is -5.22. The number of carbonyl (C=O) groups excluding carboxylic acids is 2. The van der Waals surface area contributed by atoms with Crippen LogP contribution in [0.15, 0.2) is 42.5 Å². The molecule has 6 aromatic rings. The first-order chi connectivity index (χ1) is 30.3. The summed E-state index contributed by atoms with van der Waals surface area (Å²) in [4.78, 5) is 40.2. The Hall–Kier alpha value is -5.88. The van der Waals surface area contributed by atoms with Crippen LogP contribution in [-0.4, -0.2) is 92.6 Å². The summed E-state index contributed by atoms with van der Waals surface area (Å²) < 4.78 is 136. The lowest BCUT2D eigenvalue weighted by Crippen LogP contribution is -2.57. The van der Waals surface area contributed by atoms with Crippen LogP contribution in [0.3, 0.4) is 0 Å². The van der Waals surface area contributed by atoms with E-state index in [0.29, 0.717) is 52.3 Å². The Morgan fingerprint density at radius 1 is 1.00 bits per heavy atom. The van der Waals surface area contributed by atoms with E-state index >= 15 is 8.78 Å². The van der Waals surface area contributed by atoms with Crippen molar-refractivity contribution in [1.82, 2.24) is 34.4 Å². The molecule has 24 heteroatoms. The molecule has 1 aliphatic heterocycles. The van der Waals surface area contributed by atoms with Crippen molar-refractivity contribution in [3.8, 4) is 11.1 Å². The smallest absolute Gasteiger partial charge is 0.368 e. The third kappa shape index (κ3) is 7.81. The predicted octanol–water partition coefficient (Wildman–Crippen LogP) is 5.76. The van der Waals surface area contributed by atoms with Crippen LogP contribution >= 0.6 is 11.3 Å². The van der Waals surface area contributed by atoms with Crippen LogP contribution < -0.4 is 21.1 Å². The summed E-state index contributed by atoms with van der Waals surface area (Å²) >= 11 is 1.19. The molecule has 3 aliphatic rings. The highest BCUT2D eigenvalue weighted by atomic mass is 32.2. The number of carbonyl (C=O) groups is 2. The van der Waals surface area contributed by atoms with Crippen LogP contribution in [0.5, 0.6) is 0 Å². The summed E-state index contributed by atoms with van der Waals surface area (Å²) in [6.07, 6.45) is -5.14. The topological polar surface area (TPSA) is 200 Å². The molecule has 65 heavy (non-hydrogen) atoms. The zero-order valence-electron chi connectivity index (χ0n) is 34.9. The minimum absolute atomic E-state index is 0.0499. The van der Waals surface area contributed by atoms with Gasteiger partial charge in [0.25, 0.3) is 5.92 Å². The van der Waals surface area contributed by atoms with Crippen LogP contribution in [0.25, 0.3) is 32.4 Å². The van der Waals surface area contributed by atoms with Gasteiger partial charge in [0.2, 0.25) is 21.8 Å². The van der Waals surface area contributed by atoms with E-state index in [2.05, 4.69) is 14.9 Å². The number of nitrogens with two attached hydrogens (primary N) is 2. The summed E-state index contributed by atoms with van der Waals surface area (Å²) in [7, 11) is -2.35. The van der Waals surface area contributed by atoms with Gasteiger partial charge in [-0.25, -0.2) is 26.9 Å². The van der Waals surface area contributed by atoms with Crippen LogP contribution in [-0.2, 0) is 45.2 Å².